The highest BCUT2D eigenvalue weighted by Crippen LogP contribution is 1.83. The van der Waals surface area contributed by atoms with Gasteiger partial charge in [-0.2, -0.15) is 0 Å². The molecule has 0 saturated heterocycles. The zero-order valence-corrected chi connectivity index (χ0v) is 6.18. The average molecular weight is 129 g/mol. The molecule has 1 atom stereocenters. The van der Waals surface area contributed by atoms with E-state index >= 15 is 0 Å². The summed E-state index contributed by atoms with van der Waals surface area (Å²) in [5.41, 5.74) is 0. The van der Waals surface area contributed by atoms with Crippen LogP contribution in [0.2, 0.25) is 0 Å². The van der Waals surface area contributed by atoms with Gasteiger partial charge in [-0.15, -0.1) is 6.58 Å². The van der Waals surface area contributed by atoms with Crippen molar-refractivity contribution in [1.29, 1.82) is 0 Å². The van der Waals surface area contributed by atoms with Crippen LogP contribution >= 0.6 is 0 Å². The summed E-state index contributed by atoms with van der Waals surface area (Å²) < 4.78 is 4.91. The number of hydrogen-bond donors (Lipinski definition) is 1. The number of nitrogens with one attached hydrogen (secondary N) is 1. The molecular formula is C7H15NO. The van der Waals surface area contributed by atoms with E-state index in [1.165, 1.54) is 0 Å². The van der Waals surface area contributed by atoms with Gasteiger partial charge in [0.15, 0.2) is 0 Å². The molecule has 54 valence electrons. The first-order valence-electron chi connectivity index (χ1n) is 3.20. The van der Waals surface area contributed by atoms with Crippen molar-refractivity contribution in [3.05, 3.63) is 12.7 Å². The molecule has 0 spiro atoms. The number of ether oxygens (including phenoxy) is 1. The topological polar surface area (TPSA) is 21.3 Å². The second kappa shape index (κ2) is 5.79. The number of likely N-dealkylation sites (N-methyl/N-ethyl adjacent to an activating group) is 1. The summed E-state index contributed by atoms with van der Waals surface area (Å²) in [4.78, 5) is 0. The van der Waals surface area contributed by atoms with Gasteiger partial charge in [-0.1, -0.05) is 13.0 Å². The molecule has 0 fully saturated rings. The number of methoxy groups -OCH3 is 1. The molecule has 0 amide bonds. The van der Waals surface area contributed by atoms with E-state index in [4.69, 9.17) is 4.74 Å². The molecular weight excluding hydrogens is 114 g/mol. The lowest BCUT2D eigenvalue weighted by atomic mass is 10.3. The smallest absolute Gasteiger partial charge is 0.0651 e. The Morgan fingerprint density at radius 1 is 1.78 bits per heavy atom. The van der Waals surface area contributed by atoms with E-state index in [0.29, 0.717) is 12.6 Å². The van der Waals surface area contributed by atoms with Gasteiger partial charge in [0, 0.05) is 13.2 Å². The zero-order chi connectivity index (χ0) is 7.11. The van der Waals surface area contributed by atoms with Crippen molar-refractivity contribution < 1.29 is 4.74 Å². The van der Waals surface area contributed by atoms with E-state index in [0.717, 1.165) is 6.54 Å². The van der Waals surface area contributed by atoms with Gasteiger partial charge in [0.05, 0.1) is 6.61 Å². The van der Waals surface area contributed by atoms with Crippen LogP contribution in [0, 0.1) is 0 Å². The highest BCUT2D eigenvalue weighted by Gasteiger charge is 1.97. The van der Waals surface area contributed by atoms with Crippen molar-refractivity contribution in [3.8, 4) is 0 Å². The van der Waals surface area contributed by atoms with Gasteiger partial charge < -0.3 is 10.1 Å². The second-order valence-electron chi connectivity index (χ2n) is 1.86. The van der Waals surface area contributed by atoms with Crippen LogP contribution in [0.25, 0.3) is 0 Å². The molecule has 2 nitrogen and oxygen atoms in total. The first kappa shape index (κ1) is 8.66. The lowest BCUT2D eigenvalue weighted by Crippen LogP contribution is -2.30. The normalized spacial score (nSPS) is 13.1. The Labute approximate surface area is 56.9 Å². The second-order valence-corrected chi connectivity index (χ2v) is 1.86. The van der Waals surface area contributed by atoms with Gasteiger partial charge in [-0.25, -0.2) is 0 Å². The van der Waals surface area contributed by atoms with Gasteiger partial charge >= 0.3 is 0 Å². The molecule has 0 saturated carbocycles. The van der Waals surface area contributed by atoms with E-state index in [1.807, 2.05) is 6.08 Å². The van der Waals surface area contributed by atoms with Crippen molar-refractivity contribution in [2.24, 2.45) is 0 Å². The highest BCUT2D eigenvalue weighted by atomic mass is 16.5. The first-order valence-corrected chi connectivity index (χ1v) is 3.20. The maximum Gasteiger partial charge on any atom is 0.0651 e. The molecule has 1 N–H and O–H groups in total. The van der Waals surface area contributed by atoms with Crippen molar-refractivity contribution in [3.63, 3.8) is 0 Å². The van der Waals surface area contributed by atoms with Crippen LogP contribution in [0.3, 0.4) is 0 Å². The molecule has 0 aliphatic rings. The Morgan fingerprint density at radius 3 is 2.78 bits per heavy atom. The molecule has 0 aromatic carbocycles. The lowest BCUT2D eigenvalue weighted by Gasteiger charge is -2.10. The van der Waals surface area contributed by atoms with Gasteiger partial charge in [0.25, 0.3) is 0 Å². The molecule has 0 aromatic heterocycles. The summed E-state index contributed by atoms with van der Waals surface area (Å²) in [6.45, 7) is 7.38. The SMILES string of the molecule is C=C[C@@H](COC)NCC. The minimum Gasteiger partial charge on any atom is -0.383 e. The lowest BCUT2D eigenvalue weighted by molar-refractivity contribution is 0.181. The third-order valence-corrected chi connectivity index (χ3v) is 1.10. The van der Waals surface area contributed by atoms with E-state index in [9.17, 15) is 0 Å². The molecule has 0 radical (unpaired) electrons. The summed E-state index contributed by atoms with van der Waals surface area (Å²) in [5, 5.41) is 3.19. The van der Waals surface area contributed by atoms with Crippen molar-refractivity contribution in [1.82, 2.24) is 5.32 Å². The summed E-state index contributed by atoms with van der Waals surface area (Å²) >= 11 is 0. The summed E-state index contributed by atoms with van der Waals surface area (Å²) in [6, 6.07) is 0.306. The monoisotopic (exact) mass is 129 g/mol. The third kappa shape index (κ3) is 4.18. The Bertz CT molecular complexity index is 67.3. The van der Waals surface area contributed by atoms with Crippen molar-refractivity contribution >= 4 is 0 Å². The Hall–Kier alpha value is -0.340. The largest absolute Gasteiger partial charge is 0.383 e. The summed E-state index contributed by atoms with van der Waals surface area (Å²) in [7, 11) is 1.69. The van der Waals surface area contributed by atoms with Crippen LogP contribution in [0.1, 0.15) is 6.92 Å². The predicted octanol–water partition coefficient (Wildman–Crippen LogP) is 0.797. The first-order chi connectivity index (χ1) is 4.35. The maximum absolute atomic E-state index is 4.91. The van der Waals surface area contributed by atoms with Gasteiger partial charge in [-0.05, 0) is 6.54 Å². The highest BCUT2D eigenvalue weighted by molar-refractivity contribution is 4.84. The van der Waals surface area contributed by atoms with E-state index in [2.05, 4.69) is 18.8 Å². The Kier molecular flexibility index (Phi) is 5.57. The number of rotatable bonds is 5. The standard InChI is InChI=1S/C7H15NO/c1-4-7(6-9-3)8-5-2/h4,7-8H,1,5-6H2,2-3H3/t7-/m0/s1. The van der Waals surface area contributed by atoms with Crippen LogP contribution in [-0.2, 0) is 4.74 Å². The van der Waals surface area contributed by atoms with Crippen molar-refractivity contribution in [2.75, 3.05) is 20.3 Å². The van der Waals surface area contributed by atoms with Gasteiger partial charge in [0.1, 0.15) is 0 Å². The third-order valence-electron chi connectivity index (χ3n) is 1.10. The zero-order valence-electron chi connectivity index (χ0n) is 6.18. The fourth-order valence-electron chi connectivity index (χ4n) is 0.652. The fourth-order valence-corrected chi connectivity index (χ4v) is 0.652. The van der Waals surface area contributed by atoms with E-state index in [1.54, 1.807) is 7.11 Å². The van der Waals surface area contributed by atoms with Crippen LogP contribution in [0.5, 0.6) is 0 Å². The minimum atomic E-state index is 0.306. The van der Waals surface area contributed by atoms with Crippen molar-refractivity contribution in [2.45, 2.75) is 13.0 Å². The number of hydrogen-bond acceptors (Lipinski definition) is 2. The average Bonchev–Trinajstić information content (AvgIpc) is 1.88. The quantitative estimate of drug-likeness (QED) is 0.554. The van der Waals surface area contributed by atoms with Gasteiger partial charge in [-0.3, -0.25) is 0 Å². The minimum absolute atomic E-state index is 0.306. The fraction of sp³-hybridized carbons (Fsp3) is 0.714. The Morgan fingerprint density at radius 2 is 2.44 bits per heavy atom. The maximum atomic E-state index is 4.91. The van der Waals surface area contributed by atoms with Crippen LogP contribution < -0.4 is 5.32 Å². The molecule has 0 heterocycles. The summed E-state index contributed by atoms with van der Waals surface area (Å²) in [6.07, 6.45) is 1.85. The summed E-state index contributed by atoms with van der Waals surface area (Å²) in [5.74, 6) is 0. The molecule has 2 heteroatoms. The molecule has 9 heavy (non-hydrogen) atoms. The van der Waals surface area contributed by atoms with Crippen LogP contribution in [-0.4, -0.2) is 26.3 Å². The molecule has 0 aromatic rings. The van der Waals surface area contributed by atoms with E-state index in [-0.39, 0.29) is 0 Å². The van der Waals surface area contributed by atoms with Gasteiger partial charge in [0.2, 0.25) is 0 Å². The van der Waals surface area contributed by atoms with Crippen LogP contribution in [0.15, 0.2) is 12.7 Å². The Balaban J connectivity index is 3.29. The molecule has 0 unspecified atom stereocenters. The van der Waals surface area contributed by atoms with E-state index < -0.39 is 0 Å². The predicted molar refractivity (Wildman–Crippen MR) is 39.5 cm³/mol. The van der Waals surface area contributed by atoms with Crippen LogP contribution in [0.4, 0.5) is 0 Å². The molecule has 0 rings (SSSR count). The molecule has 0 aliphatic heterocycles. The molecule has 0 aliphatic carbocycles. The molecule has 0 bridgehead atoms.